The molecular weight excluding hydrogens is 138 g/mol. The van der Waals surface area contributed by atoms with Crippen molar-refractivity contribution in [2.75, 3.05) is 10.7 Å². The fourth-order valence-electron chi connectivity index (χ4n) is 0.796. The van der Waals surface area contributed by atoms with Crippen molar-refractivity contribution in [3.63, 3.8) is 0 Å². The third-order valence-electron chi connectivity index (χ3n) is 1.29. The molecule has 4 N–H and O–H groups in total. The lowest BCUT2D eigenvalue weighted by Gasteiger charge is -2.05. The standard InChI is InChI=1S/C8H9N3/c1-2-10-7-5-3-4-6-8(7)11-9/h1,3-6,10-11H,9H2. The van der Waals surface area contributed by atoms with E-state index in [1.54, 1.807) is 0 Å². The highest BCUT2D eigenvalue weighted by Gasteiger charge is 1.94. The molecule has 0 amide bonds. The first kappa shape index (κ1) is 7.45. The fourth-order valence-corrected chi connectivity index (χ4v) is 0.796. The van der Waals surface area contributed by atoms with E-state index < -0.39 is 0 Å². The van der Waals surface area contributed by atoms with Gasteiger partial charge in [-0.3, -0.25) is 5.84 Å². The Kier molecular flexibility index (Phi) is 2.37. The Morgan fingerprint density at radius 1 is 1.27 bits per heavy atom. The van der Waals surface area contributed by atoms with Gasteiger partial charge in [0.25, 0.3) is 0 Å². The Morgan fingerprint density at radius 2 is 1.91 bits per heavy atom. The Labute approximate surface area is 65.6 Å². The summed E-state index contributed by atoms with van der Waals surface area (Å²) in [4.78, 5) is 0. The summed E-state index contributed by atoms with van der Waals surface area (Å²) in [6, 6.07) is 9.74. The van der Waals surface area contributed by atoms with E-state index in [4.69, 9.17) is 12.3 Å². The molecule has 1 aromatic rings. The molecule has 0 spiro atoms. The molecule has 0 atom stereocenters. The highest BCUT2D eigenvalue weighted by atomic mass is 15.2. The van der Waals surface area contributed by atoms with Crippen LogP contribution in [0.5, 0.6) is 0 Å². The molecule has 0 aromatic heterocycles. The van der Waals surface area contributed by atoms with Gasteiger partial charge >= 0.3 is 0 Å². The van der Waals surface area contributed by atoms with Crippen LogP contribution in [0, 0.1) is 12.5 Å². The SMILES string of the molecule is C#CNc1ccccc1NN. The zero-order valence-electron chi connectivity index (χ0n) is 5.96. The third kappa shape index (κ3) is 1.63. The Bertz CT molecular complexity index is 275. The maximum Gasteiger partial charge on any atom is 0.0727 e. The second kappa shape index (κ2) is 3.49. The van der Waals surface area contributed by atoms with E-state index in [1.165, 1.54) is 0 Å². The maximum atomic E-state index is 5.22. The van der Waals surface area contributed by atoms with E-state index >= 15 is 0 Å². The van der Waals surface area contributed by atoms with E-state index in [-0.39, 0.29) is 0 Å². The van der Waals surface area contributed by atoms with Gasteiger partial charge in [-0.2, -0.15) is 0 Å². The van der Waals surface area contributed by atoms with E-state index in [1.807, 2.05) is 24.3 Å². The van der Waals surface area contributed by atoms with Gasteiger partial charge in [0.05, 0.1) is 11.4 Å². The Balaban J connectivity index is 2.94. The molecule has 0 unspecified atom stereocenters. The molecule has 1 aromatic carbocycles. The van der Waals surface area contributed by atoms with Crippen LogP contribution in [0.4, 0.5) is 11.4 Å². The minimum atomic E-state index is 0.783. The molecule has 56 valence electrons. The molecule has 3 nitrogen and oxygen atoms in total. The van der Waals surface area contributed by atoms with Gasteiger partial charge in [0.2, 0.25) is 0 Å². The molecule has 0 fully saturated rings. The van der Waals surface area contributed by atoms with Crippen LogP contribution in [0.25, 0.3) is 0 Å². The summed E-state index contributed by atoms with van der Waals surface area (Å²) >= 11 is 0. The number of rotatable bonds is 2. The van der Waals surface area contributed by atoms with Crippen molar-refractivity contribution in [1.82, 2.24) is 0 Å². The molecule has 0 aliphatic rings. The summed E-state index contributed by atoms with van der Waals surface area (Å²) in [7, 11) is 0. The van der Waals surface area contributed by atoms with Crippen molar-refractivity contribution in [2.45, 2.75) is 0 Å². The molecule has 0 saturated heterocycles. The van der Waals surface area contributed by atoms with Gasteiger partial charge < -0.3 is 10.7 Å². The van der Waals surface area contributed by atoms with Crippen LogP contribution in [0.1, 0.15) is 0 Å². The molecule has 3 heteroatoms. The van der Waals surface area contributed by atoms with E-state index in [0.717, 1.165) is 11.4 Å². The van der Waals surface area contributed by atoms with Crippen LogP contribution in [0.15, 0.2) is 24.3 Å². The van der Waals surface area contributed by atoms with Crippen molar-refractivity contribution in [3.05, 3.63) is 24.3 Å². The summed E-state index contributed by atoms with van der Waals surface area (Å²) in [5.41, 5.74) is 4.11. The predicted octanol–water partition coefficient (Wildman–Crippen LogP) is 0.975. The number of nitrogen functional groups attached to an aromatic ring is 1. The van der Waals surface area contributed by atoms with E-state index in [0.29, 0.717) is 0 Å². The number of nitrogens with one attached hydrogen (secondary N) is 2. The minimum absolute atomic E-state index is 0.783. The topological polar surface area (TPSA) is 50.1 Å². The first-order valence-electron chi connectivity index (χ1n) is 3.15. The lowest BCUT2D eigenvalue weighted by Crippen LogP contribution is -2.08. The first-order valence-corrected chi connectivity index (χ1v) is 3.15. The maximum absolute atomic E-state index is 5.22. The molecule has 0 saturated carbocycles. The van der Waals surface area contributed by atoms with Gasteiger partial charge in [0, 0.05) is 6.04 Å². The minimum Gasteiger partial charge on any atom is -0.322 e. The van der Waals surface area contributed by atoms with Crippen molar-refractivity contribution < 1.29 is 0 Å². The number of para-hydroxylation sites is 2. The fraction of sp³-hybridized carbons (Fsp3) is 0. The number of terminal acetylenes is 1. The number of hydrogen-bond donors (Lipinski definition) is 3. The number of hydrogen-bond acceptors (Lipinski definition) is 3. The van der Waals surface area contributed by atoms with E-state index in [2.05, 4.69) is 16.8 Å². The van der Waals surface area contributed by atoms with Crippen LogP contribution < -0.4 is 16.6 Å². The largest absolute Gasteiger partial charge is 0.322 e. The number of benzene rings is 1. The lowest BCUT2D eigenvalue weighted by molar-refractivity contribution is 1.35. The molecule has 11 heavy (non-hydrogen) atoms. The van der Waals surface area contributed by atoms with Crippen molar-refractivity contribution >= 4 is 11.4 Å². The summed E-state index contributed by atoms with van der Waals surface area (Å²) < 4.78 is 0. The number of hydrazine groups is 1. The van der Waals surface area contributed by atoms with Crippen LogP contribution in [-0.2, 0) is 0 Å². The summed E-state index contributed by atoms with van der Waals surface area (Å²) in [6.07, 6.45) is 5.05. The van der Waals surface area contributed by atoms with Gasteiger partial charge in [-0.25, -0.2) is 0 Å². The normalized spacial score (nSPS) is 8.36. The molecule has 0 bridgehead atoms. The van der Waals surface area contributed by atoms with Crippen molar-refractivity contribution in [2.24, 2.45) is 5.84 Å². The van der Waals surface area contributed by atoms with Gasteiger partial charge in [-0.15, -0.1) is 0 Å². The second-order valence-electron chi connectivity index (χ2n) is 1.96. The van der Waals surface area contributed by atoms with Crippen LogP contribution in [0.2, 0.25) is 0 Å². The van der Waals surface area contributed by atoms with Crippen LogP contribution in [0.3, 0.4) is 0 Å². The van der Waals surface area contributed by atoms with Crippen LogP contribution >= 0.6 is 0 Å². The van der Waals surface area contributed by atoms with Gasteiger partial charge in [0.15, 0.2) is 0 Å². The average Bonchev–Trinajstić information content (AvgIpc) is 2.06. The highest BCUT2D eigenvalue weighted by molar-refractivity contribution is 5.69. The van der Waals surface area contributed by atoms with Crippen molar-refractivity contribution in [3.8, 4) is 12.5 Å². The zero-order chi connectivity index (χ0) is 8.10. The molecule has 0 radical (unpaired) electrons. The molecule has 1 rings (SSSR count). The first-order chi connectivity index (χ1) is 5.38. The molecule has 0 heterocycles. The van der Waals surface area contributed by atoms with Crippen molar-refractivity contribution in [1.29, 1.82) is 0 Å². The summed E-state index contributed by atoms with van der Waals surface area (Å²) in [5, 5.41) is 2.71. The molecular formula is C8H9N3. The van der Waals surface area contributed by atoms with Crippen LogP contribution in [-0.4, -0.2) is 0 Å². The van der Waals surface area contributed by atoms with Gasteiger partial charge in [0.1, 0.15) is 0 Å². The number of anilines is 2. The second-order valence-corrected chi connectivity index (χ2v) is 1.96. The Hall–Kier alpha value is -1.66. The zero-order valence-corrected chi connectivity index (χ0v) is 5.96. The quantitative estimate of drug-likeness (QED) is 0.253. The number of nitrogens with two attached hydrogens (primary N) is 1. The lowest BCUT2D eigenvalue weighted by atomic mass is 10.3. The van der Waals surface area contributed by atoms with Gasteiger partial charge in [-0.1, -0.05) is 18.6 Å². The molecule has 0 aliphatic carbocycles. The molecule has 0 aliphatic heterocycles. The summed E-state index contributed by atoms with van der Waals surface area (Å²) in [6.45, 7) is 0. The third-order valence-corrected chi connectivity index (χ3v) is 1.29. The summed E-state index contributed by atoms with van der Waals surface area (Å²) in [5.74, 6) is 5.22. The smallest absolute Gasteiger partial charge is 0.0727 e. The average molecular weight is 147 g/mol. The monoisotopic (exact) mass is 147 g/mol. The predicted molar refractivity (Wildman–Crippen MR) is 46.7 cm³/mol. The Morgan fingerprint density at radius 3 is 2.45 bits per heavy atom. The van der Waals surface area contributed by atoms with Gasteiger partial charge in [-0.05, 0) is 12.1 Å². The highest BCUT2D eigenvalue weighted by Crippen LogP contribution is 2.18. The van der Waals surface area contributed by atoms with E-state index in [9.17, 15) is 0 Å².